The predicted octanol–water partition coefficient (Wildman–Crippen LogP) is 3.15. The van der Waals surface area contributed by atoms with E-state index in [1.54, 1.807) is 4.68 Å². The SMILES string of the molecule is CCC1C(=O)NCCN1c1nnc(Cn2nc(C)cc2C)n1C1CCCC(C(F)(F)F)C1. The second-order valence-electron chi connectivity index (χ2n) is 8.84. The van der Waals surface area contributed by atoms with Crippen LogP contribution in [0.3, 0.4) is 0 Å². The lowest BCUT2D eigenvalue weighted by atomic mass is 9.85. The number of piperazine rings is 1. The van der Waals surface area contributed by atoms with E-state index in [2.05, 4.69) is 20.6 Å². The number of carbonyl (C=O) groups excluding carboxylic acids is 1. The predicted molar refractivity (Wildman–Crippen MR) is 112 cm³/mol. The molecule has 2 aromatic heterocycles. The smallest absolute Gasteiger partial charge is 0.353 e. The number of carbonyl (C=O) groups is 1. The molecule has 1 saturated carbocycles. The Balaban J connectivity index is 1.74. The van der Waals surface area contributed by atoms with Gasteiger partial charge >= 0.3 is 6.18 Å². The molecule has 32 heavy (non-hydrogen) atoms. The number of anilines is 1. The Bertz CT molecular complexity index is 967. The van der Waals surface area contributed by atoms with E-state index in [9.17, 15) is 18.0 Å². The van der Waals surface area contributed by atoms with Crippen LogP contribution in [0.2, 0.25) is 0 Å². The van der Waals surface area contributed by atoms with Crippen LogP contribution in [0.1, 0.15) is 62.3 Å². The normalized spacial score (nSPS) is 24.6. The van der Waals surface area contributed by atoms with Crippen LogP contribution in [0.5, 0.6) is 0 Å². The van der Waals surface area contributed by atoms with Crippen LogP contribution in [-0.4, -0.2) is 55.8 Å². The first-order valence-electron chi connectivity index (χ1n) is 11.2. The zero-order valence-electron chi connectivity index (χ0n) is 18.7. The third kappa shape index (κ3) is 4.33. The van der Waals surface area contributed by atoms with E-state index in [0.29, 0.717) is 50.7 Å². The molecule has 1 amide bonds. The summed E-state index contributed by atoms with van der Waals surface area (Å²) in [5, 5.41) is 16.1. The van der Waals surface area contributed by atoms with Gasteiger partial charge in [-0.25, -0.2) is 0 Å². The summed E-state index contributed by atoms with van der Waals surface area (Å²) in [5.41, 5.74) is 1.81. The molecule has 1 aliphatic carbocycles. The first-order valence-corrected chi connectivity index (χ1v) is 11.2. The van der Waals surface area contributed by atoms with E-state index in [4.69, 9.17) is 0 Å². The highest BCUT2D eigenvalue weighted by Gasteiger charge is 2.44. The van der Waals surface area contributed by atoms with Gasteiger partial charge in [-0.2, -0.15) is 18.3 Å². The molecule has 2 aromatic rings. The van der Waals surface area contributed by atoms with Gasteiger partial charge in [0.25, 0.3) is 0 Å². The maximum absolute atomic E-state index is 13.6. The van der Waals surface area contributed by atoms with Crippen LogP contribution >= 0.6 is 0 Å². The molecular weight excluding hydrogens is 423 g/mol. The highest BCUT2D eigenvalue weighted by atomic mass is 19.4. The van der Waals surface area contributed by atoms with E-state index in [1.165, 1.54) is 0 Å². The monoisotopic (exact) mass is 453 g/mol. The van der Waals surface area contributed by atoms with Gasteiger partial charge in [0.2, 0.25) is 11.9 Å². The summed E-state index contributed by atoms with van der Waals surface area (Å²) in [4.78, 5) is 14.3. The summed E-state index contributed by atoms with van der Waals surface area (Å²) in [6.07, 6.45) is -2.40. The second kappa shape index (κ2) is 8.74. The fourth-order valence-corrected chi connectivity index (χ4v) is 5.02. The number of halogens is 3. The van der Waals surface area contributed by atoms with Crippen molar-refractivity contribution in [3.05, 3.63) is 23.3 Å². The number of aromatic nitrogens is 5. The quantitative estimate of drug-likeness (QED) is 0.752. The van der Waals surface area contributed by atoms with Gasteiger partial charge in [0.15, 0.2) is 5.82 Å². The first-order chi connectivity index (χ1) is 15.2. The maximum atomic E-state index is 13.6. The molecule has 3 unspecified atom stereocenters. The fourth-order valence-electron chi connectivity index (χ4n) is 5.02. The van der Waals surface area contributed by atoms with Crippen LogP contribution in [0.4, 0.5) is 19.1 Å². The number of nitrogens with zero attached hydrogens (tertiary/aromatic N) is 6. The van der Waals surface area contributed by atoms with Crippen LogP contribution < -0.4 is 10.2 Å². The van der Waals surface area contributed by atoms with E-state index >= 15 is 0 Å². The lowest BCUT2D eigenvalue weighted by Crippen LogP contribution is -2.56. The molecule has 1 aliphatic heterocycles. The van der Waals surface area contributed by atoms with Gasteiger partial charge in [0, 0.05) is 24.8 Å². The Morgan fingerprint density at radius 3 is 2.66 bits per heavy atom. The number of nitrogens with one attached hydrogen (secondary N) is 1. The average Bonchev–Trinajstić information content (AvgIpc) is 3.29. The Morgan fingerprint density at radius 1 is 1.22 bits per heavy atom. The Hall–Kier alpha value is -2.59. The number of rotatable bonds is 5. The van der Waals surface area contributed by atoms with Crippen molar-refractivity contribution in [3.63, 3.8) is 0 Å². The fraction of sp³-hybridized carbons (Fsp3) is 0.714. The number of aryl methyl sites for hydroxylation is 2. The van der Waals surface area contributed by atoms with Crippen LogP contribution in [0.25, 0.3) is 0 Å². The topological polar surface area (TPSA) is 80.9 Å². The third-order valence-corrected chi connectivity index (χ3v) is 6.59. The van der Waals surface area contributed by atoms with Crippen molar-refractivity contribution in [2.24, 2.45) is 5.92 Å². The minimum Gasteiger partial charge on any atom is -0.353 e. The van der Waals surface area contributed by atoms with Crippen LogP contribution in [0.15, 0.2) is 6.07 Å². The summed E-state index contributed by atoms with van der Waals surface area (Å²) in [7, 11) is 0. The van der Waals surface area contributed by atoms with Crippen molar-refractivity contribution in [1.29, 1.82) is 0 Å². The summed E-state index contributed by atoms with van der Waals surface area (Å²) >= 11 is 0. The standard InChI is InChI=1S/C21H30F3N7O/c1-4-17-19(32)25-8-9-29(17)20-27-26-18(12-30-14(3)10-13(2)28-30)31(20)16-7-5-6-15(11-16)21(22,23)24/h10,15-17H,4-9,11-12H2,1-3H3,(H,25,32). The number of hydrogen-bond donors (Lipinski definition) is 1. The molecule has 8 nitrogen and oxygen atoms in total. The van der Waals surface area contributed by atoms with Crippen molar-refractivity contribution in [2.75, 3.05) is 18.0 Å². The summed E-state index contributed by atoms with van der Waals surface area (Å²) < 4.78 is 44.3. The van der Waals surface area contributed by atoms with Gasteiger partial charge < -0.3 is 10.2 Å². The molecule has 0 radical (unpaired) electrons. The molecule has 0 bridgehead atoms. The van der Waals surface area contributed by atoms with E-state index in [1.807, 2.05) is 36.3 Å². The molecule has 176 valence electrons. The highest BCUT2D eigenvalue weighted by Crippen LogP contribution is 2.43. The number of hydrogen-bond acceptors (Lipinski definition) is 5. The Labute approximate surface area is 185 Å². The van der Waals surface area contributed by atoms with E-state index in [0.717, 1.165) is 11.4 Å². The minimum absolute atomic E-state index is 0.00448. The van der Waals surface area contributed by atoms with Gasteiger partial charge in [0.1, 0.15) is 12.6 Å². The summed E-state index contributed by atoms with van der Waals surface area (Å²) in [5.74, 6) is -0.384. The van der Waals surface area contributed by atoms with E-state index in [-0.39, 0.29) is 24.8 Å². The maximum Gasteiger partial charge on any atom is 0.391 e. The molecule has 3 atom stereocenters. The van der Waals surface area contributed by atoms with Gasteiger partial charge in [0.05, 0.1) is 11.6 Å². The lowest BCUT2D eigenvalue weighted by molar-refractivity contribution is -0.185. The molecule has 0 aromatic carbocycles. The molecule has 4 rings (SSSR count). The number of alkyl halides is 3. The zero-order valence-corrected chi connectivity index (χ0v) is 18.7. The highest BCUT2D eigenvalue weighted by molar-refractivity contribution is 5.85. The Kier molecular flexibility index (Phi) is 6.17. The van der Waals surface area contributed by atoms with E-state index < -0.39 is 18.1 Å². The number of amides is 1. The molecule has 11 heteroatoms. The van der Waals surface area contributed by atoms with Crippen LogP contribution in [-0.2, 0) is 11.3 Å². The molecule has 1 N–H and O–H groups in total. The van der Waals surface area contributed by atoms with Crippen molar-refractivity contribution < 1.29 is 18.0 Å². The molecule has 3 heterocycles. The van der Waals surface area contributed by atoms with Crippen molar-refractivity contribution >= 4 is 11.9 Å². The Morgan fingerprint density at radius 2 is 2.00 bits per heavy atom. The molecule has 1 saturated heterocycles. The summed E-state index contributed by atoms with van der Waals surface area (Å²) in [6.45, 7) is 7.07. The third-order valence-electron chi connectivity index (χ3n) is 6.59. The molecule has 2 fully saturated rings. The van der Waals surface area contributed by atoms with Gasteiger partial charge in [-0.3, -0.25) is 14.0 Å². The van der Waals surface area contributed by atoms with Crippen molar-refractivity contribution in [2.45, 2.75) is 77.7 Å². The largest absolute Gasteiger partial charge is 0.391 e. The lowest BCUT2D eigenvalue weighted by Gasteiger charge is -2.38. The molecule has 2 aliphatic rings. The molecule has 0 spiro atoms. The van der Waals surface area contributed by atoms with Crippen LogP contribution in [0, 0.1) is 19.8 Å². The first kappa shape index (κ1) is 22.6. The van der Waals surface area contributed by atoms with Gasteiger partial charge in [-0.1, -0.05) is 13.3 Å². The zero-order chi connectivity index (χ0) is 23.0. The minimum atomic E-state index is -4.22. The molecular formula is C21H30F3N7O. The summed E-state index contributed by atoms with van der Waals surface area (Å²) in [6, 6.07) is 1.15. The van der Waals surface area contributed by atoms with Gasteiger partial charge in [-0.15, -0.1) is 10.2 Å². The average molecular weight is 454 g/mol. The van der Waals surface area contributed by atoms with Crippen molar-refractivity contribution in [3.8, 4) is 0 Å². The second-order valence-corrected chi connectivity index (χ2v) is 8.84. The van der Waals surface area contributed by atoms with Gasteiger partial charge in [-0.05, 0) is 45.6 Å². The van der Waals surface area contributed by atoms with Crippen molar-refractivity contribution in [1.82, 2.24) is 29.9 Å².